The monoisotopic (exact) mass is 301 g/mol. The molecule has 0 amide bonds. The summed E-state index contributed by atoms with van der Waals surface area (Å²) < 4.78 is 16.0. The van der Waals surface area contributed by atoms with Gasteiger partial charge >= 0.3 is 0 Å². The predicted molar refractivity (Wildman–Crippen MR) is 80.1 cm³/mol. The Balaban J connectivity index is 0.00000200. The number of rotatable bonds is 6. The number of aryl methyl sites for hydroxylation is 2. The topological polar surface area (TPSA) is 47.7 Å². The maximum absolute atomic E-state index is 12.4. The molecule has 0 bridgehead atoms. The SMILES string of the molecule is Cc1cnn(CCF)c1NCc1cnn(C(C)C)c1.Cl. The second-order valence-electron chi connectivity index (χ2n) is 4.86. The van der Waals surface area contributed by atoms with Gasteiger partial charge in [0.1, 0.15) is 12.5 Å². The highest BCUT2D eigenvalue weighted by Gasteiger charge is 2.08. The molecule has 0 spiro atoms. The minimum atomic E-state index is -0.416. The molecule has 0 saturated carbocycles. The molecule has 5 nitrogen and oxygen atoms in total. The summed E-state index contributed by atoms with van der Waals surface area (Å²) in [6, 6.07) is 0.354. The van der Waals surface area contributed by atoms with Crippen LogP contribution in [0.25, 0.3) is 0 Å². The number of anilines is 1. The van der Waals surface area contributed by atoms with Gasteiger partial charge in [-0.1, -0.05) is 0 Å². The van der Waals surface area contributed by atoms with Crippen molar-refractivity contribution in [1.29, 1.82) is 0 Å². The molecule has 2 aromatic heterocycles. The largest absolute Gasteiger partial charge is 0.366 e. The molecule has 0 radical (unpaired) electrons. The van der Waals surface area contributed by atoms with Crippen molar-refractivity contribution in [3.05, 3.63) is 29.7 Å². The van der Waals surface area contributed by atoms with E-state index < -0.39 is 6.67 Å². The maximum Gasteiger partial charge on any atom is 0.127 e. The van der Waals surface area contributed by atoms with E-state index in [4.69, 9.17) is 0 Å². The van der Waals surface area contributed by atoms with Crippen molar-refractivity contribution >= 4 is 18.2 Å². The first-order valence-corrected chi connectivity index (χ1v) is 6.47. The van der Waals surface area contributed by atoms with E-state index >= 15 is 0 Å². The van der Waals surface area contributed by atoms with Crippen LogP contribution in [-0.2, 0) is 13.1 Å². The fourth-order valence-electron chi connectivity index (χ4n) is 1.90. The van der Waals surface area contributed by atoms with E-state index in [0.717, 1.165) is 16.9 Å². The highest BCUT2D eigenvalue weighted by atomic mass is 35.5. The fourth-order valence-corrected chi connectivity index (χ4v) is 1.90. The molecule has 1 N–H and O–H groups in total. The number of hydrogen-bond acceptors (Lipinski definition) is 3. The van der Waals surface area contributed by atoms with Crippen LogP contribution in [-0.4, -0.2) is 26.2 Å². The van der Waals surface area contributed by atoms with Crippen LogP contribution in [0.4, 0.5) is 10.2 Å². The molecule has 0 aliphatic rings. The third-order valence-corrected chi connectivity index (χ3v) is 2.96. The van der Waals surface area contributed by atoms with E-state index in [1.54, 1.807) is 10.9 Å². The third kappa shape index (κ3) is 3.72. The molecule has 0 aliphatic heterocycles. The zero-order chi connectivity index (χ0) is 13.8. The fraction of sp³-hybridized carbons (Fsp3) is 0.538. The molecule has 2 rings (SSSR count). The number of hydrogen-bond donors (Lipinski definition) is 1. The first-order chi connectivity index (χ1) is 9.11. The van der Waals surface area contributed by atoms with Gasteiger partial charge in [-0.25, -0.2) is 9.07 Å². The lowest BCUT2D eigenvalue weighted by Gasteiger charge is -2.09. The lowest BCUT2D eigenvalue weighted by molar-refractivity contribution is 0.429. The zero-order valence-corrected chi connectivity index (χ0v) is 12.8. The summed E-state index contributed by atoms with van der Waals surface area (Å²) in [6.07, 6.45) is 5.61. The number of halogens is 2. The molecule has 2 heterocycles. The van der Waals surface area contributed by atoms with Crippen LogP contribution in [0.5, 0.6) is 0 Å². The number of nitrogens with zero attached hydrogens (tertiary/aromatic N) is 4. The molecule has 0 unspecified atom stereocenters. The van der Waals surface area contributed by atoms with Gasteiger partial charge in [-0.05, 0) is 20.8 Å². The van der Waals surface area contributed by atoms with E-state index in [1.807, 2.05) is 24.0 Å². The highest BCUT2D eigenvalue weighted by Crippen LogP contribution is 2.15. The van der Waals surface area contributed by atoms with Crippen molar-refractivity contribution in [3.8, 4) is 0 Å². The summed E-state index contributed by atoms with van der Waals surface area (Å²) in [5, 5.41) is 11.7. The predicted octanol–water partition coefficient (Wildman–Crippen LogP) is 2.97. The normalized spacial score (nSPS) is 10.7. The van der Waals surface area contributed by atoms with Gasteiger partial charge in [0.15, 0.2) is 0 Å². The lowest BCUT2D eigenvalue weighted by Crippen LogP contribution is -2.09. The summed E-state index contributed by atoms with van der Waals surface area (Å²) in [5.74, 6) is 0.870. The van der Waals surface area contributed by atoms with Gasteiger partial charge in [0.05, 0.1) is 18.9 Å². The number of nitrogens with one attached hydrogen (secondary N) is 1. The van der Waals surface area contributed by atoms with E-state index in [1.165, 1.54) is 0 Å². The van der Waals surface area contributed by atoms with Crippen LogP contribution in [0.15, 0.2) is 18.6 Å². The lowest BCUT2D eigenvalue weighted by atomic mass is 10.3. The quantitative estimate of drug-likeness (QED) is 0.892. The molecule has 20 heavy (non-hydrogen) atoms. The Bertz CT molecular complexity index is 535. The molecular formula is C13H21ClFN5. The second kappa shape index (κ2) is 7.28. The van der Waals surface area contributed by atoms with Gasteiger partial charge in [0.25, 0.3) is 0 Å². The molecule has 0 saturated heterocycles. The van der Waals surface area contributed by atoms with E-state index in [2.05, 4.69) is 29.4 Å². The summed E-state index contributed by atoms with van der Waals surface area (Å²) in [4.78, 5) is 0. The van der Waals surface area contributed by atoms with Crippen molar-refractivity contribution < 1.29 is 4.39 Å². The third-order valence-electron chi connectivity index (χ3n) is 2.96. The average molecular weight is 302 g/mol. The van der Waals surface area contributed by atoms with E-state index in [-0.39, 0.29) is 19.0 Å². The Morgan fingerprint density at radius 3 is 2.65 bits per heavy atom. The van der Waals surface area contributed by atoms with Crippen LogP contribution in [0.3, 0.4) is 0 Å². The Morgan fingerprint density at radius 2 is 2.05 bits per heavy atom. The highest BCUT2D eigenvalue weighted by molar-refractivity contribution is 5.85. The Kier molecular flexibility index (Phi) is 6.01. The smallest absolute Gasteiger partial charge is 0.127 e. The van der Waals surface area contributed by atoms with Gasteiger partial charge < -0.3 is 5.32 Å². The van der Waals surface area contributed by atoms with Crippen LogP contribution in [0.2, 0.25) is 0 Å². The molecule has 0 atom stereocenters. The molecule has 0 fully saturated rings. The van der Waals surface area contributed by atoms with Crippen LogP contribution >= 0.6 is 12.4 Å². The van der Waals surface area contributed by atoms with E-state index in [0.29, 0.717) is 12.6 Å². The van der Waals surface area contributed by atoms with Crippen LogP contribution < -0.4 is 5.32 Å². The average Bonchev–Trinajstić information content (AvgIpc) is 2.96. The minimum Gasteiger partial charge on any atom is -0.366 e. The number of aromatic nitrogens is 4. The Morgan fingerprint density at radius 1 is 1.30 bits per heavy atom. The molecule has 2 aromatic rings. The number of alkyl halides is 1. The molecule has 0 aromatic carbocycles. The maximum atomic E-state index is 12.4. The van der Waals surface area contributed by atoms with Crippen molar-refractivity contribution in [3.63, 3.8) is 0 Å². The van der Waals surface area contributed by atoms with E-state index in [9.17, 15) is 4.39 Å². The van der Waals surface area contributed by atoms with Crippen molar-refractivity contribution in [1.82, 2.24) is 19.6 Å². The molecular weight excluding hydrogens is 281 g/mol. The second-order valence-corrected chi connectivity index (χ2v) is 4.86. The Labute approximate surface area is 124 Å². The first-order valence-electron chi connectivity index (χ1n) is 6.47. The van der Waals surface area contributed by atoms with Gasteiger partial charge in [-0.15, -0.1) is 12.4 Å². The van der Waals surface area contributed by atoms with Crippen LogP contribution in [0.1, 0.15) is 31.0 Å². The van der Waals surface area contributed by atoms with Crippen molar-refractivity contribution in [2.24, 2.45) is 0 Å². The first kappa shape index (κ1) is 16.5. The standard InChI is InChI=1S/C13H20FN5.ClH/c1-10(2)19-9-12(8-17-19)7-15-13-11(3)6-16-18(13)5-4-14;/h6,8-10,15H,4-5,7H2,1-3H3;1H. The van der Waals surface area contributed by atoms with Crippen LogP contribution in [0, 0.1) is 6.92 Å². The van der Waals surface area contributed by atoms with Gasteiger partial charge in [-0.3, -0.25) is 4.68 Å². The van der Waals surface area contributed by atoms with Crippen molar-refractivity contribution in [2.75, 3.05) is 12.0 Å². The summed E-state index contributed by atoms with van der Waals surface area (Å²) in [6.45, 7) is 6.66. The minimum absolute atomic E-state index is 0. The Hall–Kier alpha value is -1.56. The molecule has 0 aliphatic carbocycles. The van der Waals surface area contributed by atoms with Gasteiger partial charge in [0, 0.05) is 29.9 Å². The molecule has 112 valence electrons. The summed E-state index contributed by atoms with van der Waals surface area (Å²) >= 11 is 0. The molecule has 7 heteroatoms. The zero-order valence-electron chi connectivity index (χ0n) is 12.0. The van der Waals surface area contributed by atoms with Crippen molar-refractivity contribution in [2.45, 2.75) is 39.9 Å². The van der Waals surface area contributed by atoms with Gasteiger partial charge in [-0.2, -0.15) is 10.2 Å². The summed E-state index contributed by atoms with van der Waals surface area (Å²) in [7, 11) is 0. The van der Waals surface area contributed by atoms with Gasteiger partial charge in [0.2, 0.25) is 0 Å². The summed E-state index contributed by atoms with van der Waals surface area (Å²) in [5.41, 5.74) is 2.12.